The second-order valence-electron chi connectivity index (χ2n) is 4.23. The number of carbonyl (C=O) groups is 1. The van der Waals surface area contributed by atoms with Gasteiger partial charge in [0.05, 0.1) is 14.2 Å². The number of amides is 1. The molecule has 0 radical (unpaired) electrons. The van der Waals surface area contributed by atoms with Crippen molar-refractivity contribution in [3.05, 3.63) is 42.0 Å². The summed E-state index contributed by atoms with van der Waals surface area (Å²) in [6, 6.07) is 5.51. The number of hydrogen-bond acceptors (Lipinski definition) is 4. The smallest absolute Gasteiger partial charge is 0.287 e. The number of carbonyl (C=O) groups excluding carboxylic acids is 1. The van der Waals surface area contributed by atoms with Crippen LogP contribution in [0.5, 0.6) is 11.5 Å². The van der Waals surface area contributed by atoms with Crippen LogP contribution >= 0.6 is 0 Å². The largest absolute Gasteiger partial charge is 0.493 e. The molecule has 1 amide bonds. The molecule has 1 heterocycles. The Morgan fingerprint density at radius 2 is 2.05 bits per heavy atom. The third-order valence-electron chi connectivity index (χ3n) is 2.93. The lowest BCUT2D eigenvalue weighted by atomic mass is 10.2. The highest BCUT2D eigenvalue weighted by Gasteiger charge is 2.11. The first-order valence-corrected chi connectivity index (χ1v) is 6.12. The van der Waals surface area contributed by atoms with E-state index in [-0.39, 0.29) is 5.91 Å². The number of aryl methyl sites for hydroxylation is 1. The van der Waals surface area contributed by atoms with Crippen LogP contribution in [-0.2, 0) is 13.6 Å². The summed E-state index contributed by atoms with van der Waals surface area (Å²) < 4.78 is 12.1. The number of benzene rings is 1. The number of hydrogen-bond donors (Lipinski definition) is 1. The molecule has 0 aliphatic carbocycles. The maximum absolute atomic E-state index is 11.9. The van der Waals surface area contributed by atoms with Gasteiger partial charge < -0.3 is 19.4 Å². The Bertz CT molecular complexity index is 607. The maximum Gasteiger partial charge on any atom is 0.287 e. The molecule has 0 bridgehead atoms. The Morgan fingerprint density at radius 3 is 2.65 bits per heavy atom. The van der Waals surface area contributed by atoms with E-state index in [0.29, 0.717) is 23.9 Å². The SMILES string of the molecule is COc1ccc(CNC(=O)c2nccn2C)cc1OC. The summed E-state index contributed by atoms with van der Waals surface area (Å²) in [5.74, 6) is 1.46. The van der Waals surface area contributed by atoms with E-state index in [2.05, 4.69) is 10.3 Å². The molecule has 6 nitrogen and oxygen atoms in total. The Kier molecular flexibility index (Phi) is 4.24. The van der Waals surface area contributed by atoms with Crippen LogP contribution in [0.15, 0.2) is 30.6 Å². The Balaban J connectivity index is 2.04. The number of rotatable bonds is 5. The number of nitrogens with one attached hydrogen (secondary N) is 1. The van der Waals surface area contributed by atoms with Gasteiger partial charge in [0, 0.05) is 26.0 Å². The van der Waals surface area contributed by atoms with Crippen molar-refractivity contribution in [1.82, 2.24) is 14.9 Å². The number of ether oxygens (including phenoxy) is 2. The zero-order chi connectivity index (χ0) is 14.5. The molecule has 0 unspecified atom stereocenters. The molecule has 2 rings (SSSR count). The highest BCUT2D eigenvalue weighted by atomic mass is 16.5. The van der Waals surface area contributed by atoms with Gasteiger partial charge in [0.15, 0.2) is 17.3 Å². The maximum atomic E-state index is 11.9. The molecule has 0 atom stereocenters. The van der Waals surface area contributed by atoms with Gasteiger partial charge in [0.1, 0.15) is 0 Å². The van der Waals surface area contributed by atoms with Crippen LogP contribution in [0, 0.1) is 0 Å². The van der Waals surface area contributed by atoms with Gasteiger partial charge in [-0.05, 0) is 17.7 Å². The fourth-order valence-corrected chi connectivity index (χ4v) is 1.84. The summed E-state index contributed by atoms with van der Waals surface area (Å²) in [4.78, 5) is 15.9. The predicted molar refractivity (Wildman–Crippen MR) is 73.9 cm³/mol. The molecule has 2 aromatic rings. The molecule has 6 heteroatoms. The second kappa shape index (κ2) is 6.10. The quantitative estimate of drug-likeness (QED) is 0.895. The van der Waals surface area contributed by atoms with E-state index >= 15 is 0 Å². The van der Waals surface area contributed by atoms with Crippen LogP contribution in [-0.4, -0.2) is 29.7 Å². The fourth-order valence-electron chi connectivity index (χ4n) is 1.84. The molecular weight excluding hydrogens is 258 g/mol. The van der Waals surface area contributed by atoms with Crippen molar-refractivity contribution >= 4 is 5.91 Å². The summed E-state index contributed by atoms with van der Waals surface area (Å²) in [6.07, 6.45) is 3.32. The van der Waals surface area contributed by atoms with Crippen LogP contribution in [0.25, 0.3) is 0 Å². The van der Waals surface area contributed by atoms with Gasteiger partial charge in [-0.25, -0.2) is 4.98 Å². The Hall–Kier alpha value is -2.50. The summed E-state index contributed by atoms with van der Waals surface area (Å²) in [5.41, 5.74) is 0.921. The standard InChI is InChI=1S/C14H17N3O3/c1-17-7-6-15-13(17)14(18)16-9-10-4-5-11(19-2)12(8-10)20-3/h4-8H,9H2,1-3H3,(H,16,18). The molecule has 1 aromatic carbocycles. The number of nitrogens with zero attached hydrogens (tertiary/aromatic N) is 2. The van der Waals surface area contributed by atoms with Crippen LogP contribution in [0.4, 0.5) is 0 Å². The molecule has 20 heavy (non-hydrogen) atoms. The van der Waals surface area contributed by atoms with Gasteiger partial charge in [-0.1, -0.05) is 6.07 Å². The van der Waals surface area contributed by atoms with Gasteiger partial charge >= 0.3 is 0 Å². The Morgan fingerprint density at radius 1 is 1.30 bits per heavy atom. The van der Waals surface area contributed by atoms with Crippen molar-refractivity contribution in [3.8, 4) is 11.5 Å². The minimum Gasteiger partial charge on any atom is -0.493 e. The van der Waals surface area contributed by atoms with Gasteiger partial charge in [-0.15, -0.1) is 0 Å². The van der Waals surface area contributed by atoms with E-state index in [0.717, 1.165) is 5.56 Å². The number of aromatic nitrogens is 2. The van der Waals surface area contributed by atoms with Crippen molar-refractivity contribution in [1.29, 1.82) is 0 Å². The molecule has 0 aliphatic rings. The van der Waals surface area contributed by atoms with E-state index in [1.807, 2.05) is 12.1 Å². The van der Waals surface area contributed by atoms with E-state index in [9.17, 15) is 4.79 Å². The van der Waals surface area contributed by atoms with Gasteiger partial charge in [0.2, 0.25) is 0 Å². The molecule has 0 spiro atoms. The predicted octanol–water partition coefficient (Wildman–Crippen LogP) is 1.37. The second-order valence-corrected chi connectivity index (χ2v) is 4.23. The lowest BCUT2D eigenvalue weighted by Gasteiger charge is -2.10. The summed E-state index contributed by atoms with van der Waals surface area (Å²) in [7, 11) is 4.94. The fraction of sp³-hybridized carbons (Fsp3) is 0.286. The third-order valence-corrected chi connectivity index (χ3v) is 2.93. The average molecular weight is 275 g/mol. The molecule has 0 fully saturated rings. The van der Waals surface area contributed by atoms with Crippen LogP contribution in [0.2, 0.25) is 0 Å². The number of methoxy groups -OCH3 is 2. The molecule has 106 valence electrons. The average Bonchev–Trinajstić information content (AvgIpc) is 2.90. The third kappa shape index (κ3) is 2.90. The van der Waals surface area contributed by atoms with Crippen molar-refractivity contribution in [2.75, 3.05) is 14.2 Å². The monoisotopic (exact) mass is 275 g/mol. The van der Waals surface area contributed by atoms with Crippen LogP contribution in [0.3, 0.4) is 0 Å². The summed E-state index contributed by atoms with van der Waals surface area (Å²) in [6.45, 7) is 0.395. The Labute approximate surface area is 117 Å². The van der Waals surface area contributed by atoms with Crippen LogP contribution in [0.1, 0.15) is 16.2 Å². The van der Waals surface area contributed by atoms with Gasteiger partial charge in [-0.3, -0.25) is 4.79 Å². The minimum atomic E-state index is -0.215. The van der Waals surface area contributed by atoms with Crippen molar-refractivity contribution in [3.63, 3.8) is 0 Å². The first-order chi connectivity index (χ1) is 9.65. The zero-order valence-corrected chi connectivity index (χ0v) is 11.7. The molecular formula is C14H17N3O3. The van der Waals surface area contributed by atoms with Crippen molar-refractivity contribution < 1.29 is 14.3 Å². The molecule has 0 aliphatic heterocycles. The topological polar surface area (TPSA) is 65.4 Å². The van der Waals surface area contributed by atoms with Gasteiger partial charge in [0.25, 0.3) is 5.91 Å². The van der Waals surface area contributed by atoms with E-state index < -0.39 is 0 Å². The van der Waals surface area contributed by atoms with Gasteiger partial charge in [-0.2, -0.15) is 0 Å². The first kappa shape index (κ1) is 13.9. The lowest BCUT2D eigenvalue weighted by molar-refractivity contribution is 0.0937. The van der Waals surface area contributed by atoms with Crippen molar-refractivity contribution in [2.45, 2.75) is 6.54 Å². The van der Waals surface area contributed by atoms with E-state index in [1.165, 1.54) is 0 Å². The van der Waals surface area contributed by atoms with Crippen molar-refractivity contribution in [2.24, 2.45) is 7.05 Å². The van der Waals surface area contributed by atoms with E-state index in [1.54, 1.807) is 44.3 Å². The van der Waals surface area contributed by atoms with Crippen LogP contribution < -0.4 is 14.8 Å². The molecule has 1 aromatic heterocycles. The molecule has 0 saturated carbocycles. The lowest BCUT2D eigenvalue weighted by Crippen LogP contribution is -2.25. The summed E-state index contributed by atoms with van der Waals surface area (Å²) >= 11 is 0. The molecule has 1 N–H and O–H groups in total. The zero-order valence-electron chi connectivity index (χ0n) is 11.7. The summed E-state index contributed by atoms with van der Waals surface area (Å²) in [5, 5.41) is 2.81. The highest BCUT2D eigenvalue weighted by molar-refractivity contribution is 5.90. The van der Waals surface area contributed by atoms with E-state index in [4.69, 9.17) is 9.47 Å². The minimum absolute atomic E-state index is 0.215. The molecule has 0 saturated heterocycles. The first-order valence-electron chi connectivity index (χ1n) is 6.12. The highest BCUT2D eigenvalue weighted by Crippen LogP contribution is 2.27. The normalized spacial score (nSPS) is 10.2. The number of imidazole rings is 1.